The Hall–Kier alpha value is -0.840. The van der Waals surface area contributed by atoms with Crippen LogP contribution in [-0.4, -0.2) is 38.3 Å². The Morgan fingerprint density at radius 1 is 1.64 bits per heavy atom. The molecule has 0 aliphatic carbocycles. The molecule has 1 atom stereocenters. The van der Waals surface area contributed by atoms with Gasteiger partial charge in [0.2, 0.25) is 0 Å². The fraction of sp³-hybridized carbons (Fsp3) is 0.600. The van der Waals surface area contributed by atoms with Crippen LogP contribution >= 0.6 is 0 Å². The molecule has 14 heavy (non-hydrogen) atoms. The van der Waals surface area contributed by atoms with Gasteiger partial charge in [-0.2, -0.15) is 0 Å². The number of nitrogens with zero attached hydrogens (tertiary/aromatic N) is 1. The van der Waals surface area contributed by atoms with Gasteiger partial charge in [-0.3, -0.25) is 0 Å². The molecule has 0 bridgehead atoms. The van der Waals surface area contributed by atoms with Crippen LogP contribution in [0.25, 0.3) is 0 Å². The summed E-state index contributed by atoms with van der Waals surface area (Å²) in [5.41, 5.74) is 6.99. The molecule has 0 amide bonds. The van der Waals surface area contributed by atoms with Crippen molar-refractivity contribution in [2.45, 2.75) is 12.6 Å². The second-order valence-electron chi connectivity index (χ2n) is 3.54. The van der Waals surface area contributed by atoms with Crippen LogP contribution < -0.4 is 5.73 Å². The molecular formula is C10H18N2O2. The summed E-state index contributed by atoms with van der Waals surface area (Å²) in [6, 6.07) is 2.02. The Morgan fingerprint density at radius 2 is 2.43 bits per heavy atom. The standard InChI is InChI=1S/C10H18N2O2/c1-12(6-10(11)8-13-2)5-9-3-4-14-7-9/h3-4,7,10H,5-6,8,11H2,1-2H3. The van der Waals surface area contributed by atoms with Crippen molar-refractivity contribution < 1.29 is 9.15 Å². The third kappa shape index (κ3) is 3.91. The smallest absolute Gasteiger partial charge is 0.0947 e. The number of nitrogens with two attached hydrogens (primary N) is 1. The van der Waals surface area contributed by atoms with Crippen molar-refractivity contribution >= 4 is 0 Å². The number of hydrogen-bond acceptors (Lipinski definition) is 4. The largest absolute Gasteiger partial charge is 0.472 e. The van der Waals surface area contributed by atoms with E-state index >= 15 is 0 Å². The third-order valence-corrected chi connectivity index (χ3v) is 1.96. The first kappa shape index (κ1) is 11.2. The lowest BCUT2D eigenvalue weighted by Gasteiger charge is -2.19. The van der Waals surface area contributed by atoms with Crippen LogP contribution in [0.15, 0.2) is 23.0 Å². The van der Waals surface area contributed by atoms with E-state index in [1.54, 1.807) is 19.6 Å². The van der Waals surface area contributed by atoms with Crippen molar-refractivity contribution in [3.05, 3.63) is 24.2 Å². The van der Waals surface area contributed by atoms with E-state index in [0.717, 1.165) is 18.7 Å². The van der Waals surface area contributed by atoms with E-state index in [-0.39, 0.29) is 6.04 Å². The predicted octanol–water partition coefficient (Wildman–Crippen LogP) is 0.685. The first-order valence-corrected chi connectivity index (χ1v) is 4.66. The van der Waals surface area contributed by atoms with Gasteiger partial charge in [0.05, 0.1) is 19.1 Å². The van der Waals surface area contributed by atoms with Gasteiger partial charge in [-0.05, 0) is 13.1 Å². The van der Waals surface area contributed by atoms with Crippen molar-refractivity contribution in [2.75, 3.05) is 27.3 Å². The molecule has 0 saturated carbocycles. The molecule has 1 heterocycles. The molecule has 0 aliphatic rings. The fourth-order valence-corrected chi connectivity index (χ4v) is 1.43. The number of ether oxygens (including phenoxy) is 1. The van der Waals surface area contributed by atoms with Crippen LogP contribution in [0.4, 0.5) is 0 Å². The van der Waals surface area contributed by atoms with Crippen LogP contribution in [0, 0.1) is 0 Å². The average molecular weight is 198 g/mol. The maximum atomic E-state index is 5.82. The van der Waals surface area contributed by atoms with E-state index in [1.165, 1.54) is 0 Å². The van der Waals surface area contributed by atoms with Gasteiger partial charge < -0.3 is 19.8 Å². The molecule has 1 aromatic heterocycles. The van der Waals surface area contributed by atoms with Crippen molar-refractivity contribution in [3.8, 4) is 0 Å². The Balaban J connectivity index is 2.25. The van der Waals surface area contributed by atoms with Gasteiger partial charge in [-0.15, -0.1) is 0 Å². The van der Waals surface area contributed by atoms with E-state index < -0.39 is 0 Å². The highest BCUT2D eigenvalue weighted by atomic mass is 16.5. The molecule has 0 aliphatic heterocycles. The minimum atomic E-state index is 0.0666. The average Bonchev–Trinajstić information content (AvgIpc) is 2.56. The molecule has 1 aromatic rings. The SMILES string of the molecule is COCC(N)CN(C)Cc1ccoc1. The summed E-state index contributed by atoms with van der Waals surface area (Å²) in [5, 5.41) is 0. The third-order valence-electron chi connectivity index (χ3n) is 1.96. The Labute approximate surface area is 84.6 Å². The highest BCUT2D eigenvalue weighted by Crippen LogP contribution is 2.03. The monoisotopic (exact) mass is 198 g/mol. The van der Waals surface area contributed by atoms with Gasteiger partial charge in [0.15, 0.2) is 0 Å². The molecule has 0 spiro atoms. The van der Waals surface area contributed by atoms with Crippen LogP contribution in [0.1, 0.15) is 5.56 Å². The van der Waals surface area contributed by atoms with E-state index in [4.69, 9.17) is 14.9 Å². The molecular weight excluding hydrogens is 180 g/mol. The zero-order valence-corrected chi connectivity index (χ0v) is 8.77. The van der Waals surface area contributed by atoms with Crippen LogP contribution in [0.5, 0.6) is 0 Å². The van der Waals surface area contributed by atoms with E-state index in [0.29, 0.717) is 6.61 Å². The number of rotatable bonds is 6. The van der Waals surface area contributed by atoms with Crippen LogP contribution in [0.2, 0.25) is 0 Å². The molecule has 4 nitrogen and oxygen atoms in total. The number of hydrogen-bond donors (Lipinski definition) is 1. The predicted molar refractivity (Wildman–Crippen MR) is 54.9 cm³/mol. The normalized spacial score (nSPS) is 13.4. The van der Waals surface area contributed by atoms with E-state index in [2.05, 4.69) is 4.90 Å². The summed E-state index contributed by atoms with van der Waals surface area (Å²) in [5.74, 6) is 0. The van der Waals surface area contributed by atoms with Gasteiger partial charge in [0, 0.05) is 31.8 Å². The molecule has 80 valence electrons. The van der Waals surface area contributed by atoms with Gasteiger partial charge in [0.1, 0.15) is 0 Å². The van der Waals surface area contributed by atoms with Crippen LogP contribution in [-0.2, 0) is 11.3 Å². The molecule has 1 unspecified atom stereocenters. The molecule has 0 radical (unpaired) electrons. The zero-order chi connectivity index (χ0) is 10.4. The minimum Gasteiger partial charge on any atom is -0.472 e. The number of furan rings is 1. The molecule has 4 heteroatoms. The van der Waals surface area contributed by atoms with Crippen molar-refractivity contribution in [2.24, 2.45) is 5.73 Å². The van der Waals surface area contributed by atoms with E-state index in [1.807, 2.05) is 13.1 Å². The summed E-state index contributed by atoms with van der Waals surface area (Å²) >= 11 is 0. The number of likely N-dealkylation sites (N-methyl/N-ethyl adjacent to an activating group) is 1. The second kappa shape index (κ2) is 5.80. The number of methoxy groups -OCH3 is 1. The topological polar surface area (TPSA) is 51.6 Å². The first-order valence-electron chi connectivity index (χ1n) is 4.66. The maximum Gasteiger partial charge on any atom is 0.0947 e. The molecule has 1 rings (SSSR count). The summed E-state index contributed by atoms with van der Waals surface area (Å²) < 4.78 is 9.95. The van der Waals surface area contributed by atoms with Crippen molar-refractivity contribution in [1.82, 2.24) is 4.90 Å². The molecule has 0 fully saturated rings. The molecule has 0 aromatic carbocycles. The highest BCUT2D eigenvalue weighted by Gasteiger charge is 2.07. The molecule has 0 saturated heterocycles. The zero-order valence-electron chi connectivity index (χ0n) is 8.77. The van der Waals surface area contributed by atoms with Crippen molar-refractivity contribution in [3.63, 3.8) is 0 Å². The lowest BCUT2D eigenvalue weighted by atomic mass is 10.2. The lowest BCUT2D eigenvalue weighted by Crippen LogP contribution is -2.38. The van der Waals surface area contributed by atoms with Gasteiger partial charge in [-0.25, -0.2) is 0 Å². The summed E-state index contributed by atoms with van der Waals surface area (Å²) in [6.07, 6.45) is 3.43. The van der Waals surface area contributed by atoms with Crippen molar-refractivity contribution in [1.29, 1.82) is 0 Å². The quantitative estimate of drug-likeness (QED) is 0.730. The van der Waals surface area contributed by atoms with Gasteiger partial charge >= 0.3 is 0 Å². The van der Waals surface area contributed by atoms with E-state index in [9.17, 15) is 0 Å². The van der Waals surface area contributed by atoms with Gasteiger partial charge in [0.25, 0.3) is 0 Å². The maximum absolute atomic E-state index is 5.82. The first-order chi connectivity index (χ1) is 6.72. The van der Waals surface area contributed by atoms with Gasteiger partial charge in [-0.1, -0.05) is 0 Å². The Kier molecular flexibility index (Phi) is 4.65. The Morgan fingerprint density at radius 3 is 3.00 bits per heavy atom. The lowest BCUT2D eigenvalue weighted by molar-refractivity contribution is 0.160. The fourth-order valence-electron chi connectivity index (χ4n) is 1.43. The van der Waals surface area contributed by atoms with Crippen LogP contribution in [0.3, 0.4) is 0 Å². The summed E-state index contributed by atoms with van der Waals surface area (Å²) in [6.45, 7) is 2.27. The summed E-state index contributed by atoms with van der Waals surface area (Å²) in [4.78, 5) is 2.15. The summed E-state index contributed by atoms with van der Waals surface area (Å²) in [7, 11) is 3.69. The Bertz CT molecular complexity index is 236. The minimum absolute atomic E-state index is 0.0666. The second-order valence-corrected chi connectivity index (χ2v) is 3.54. The molecule has 2 N–H and O–H groups in total. The highest BCUT2D eigenvalue weighted by molar-refractivity contribution is 5.04.